The second kappa shape index (κ2) is 5.73. The fourth-order valence-corrected chi connectivity index (χ4v) is 1.59. The Bertz CT molecular complexity index is 535. The first-order chi connectivity index (χ1) is 8.75. The molecule has 0 unspecified atom stereocenters. The smallest absolute Gasteiger partial charge is 0.178 e. The Morgan fingerprint density at radius 2 is 1.06 bits per heavy atom. The summed E-state index contributed by atoms with van der Waals surface area (Å²) in [5, 5.41) is 9.57. The van der Waals surface area contributed by atoms with Crippen molar-refractivity contribution >= 4 is 22.3 Å². The lowest BCUT2D eigenvalue weighted by molar-refractivity contribution is -0.110. The first-order valence-electron chi connectivity index (χ1n) is 5.68. The molecule has 18 heavy (non-hydrogen) atoms. The predicted octanol–water partition coefficient (Wildman–Crippen LogP) is 3.54. The summed E-state index contributed by atoms with van der Waals surface area (Å²) in [7, 11) is 0. The maximum absolute atomic E-state index is 10.3. The van der Waals surface area contributed by atoms with Gasteiger partial charge in [-0.05, 0) is 35.1 Å². The third kappa shape index (κ3) is 3.25. The molecule has 2 aromatic carbocycles. The molecule has 1 aliphatic carbocycles. The Balaban J connectivity index is 0.000000138. The van der Waals surface area contributed by atoms with Gasteiger partial charge in [0.25, 0.3) is 0 Å². The molecular weight excluding hydrogens is 222 g/mol. The molecule has 0 aliphatic heterocycles. The van der Waals surface area contributed by atoms with Gasteiger partial charge in [0.2, 0.25) is 0 Å². The van der Waals surface area contributed by atoms with E-state index in [0.29, 0.717) is 5.71 Å². The lowest BCUT2D eigenvalue weighted by atomic mass is 10.1. The third-order valence-corrected chi connectivity index (χ3v) is 2.51. The zero-order valence-corrected chi connectivity index (χ0v) is 9.84. The molecule has 0 atom stereocenters. The number of carbonyl (C=O) groups excluding carboxylic acids is 1. The van der Waals surface area contributed by atoms with Gasteiger partial charge in [0.05, 0.1) is 5.71 Å². The van der Waals surface area contributed by atoms with Gasteiger partial charge in [-0.3, -0.25) is 4.79 Å². The van der Waals surface area contributed by atoms with Crippen molar-refractivity contribution in [1.29, 1.82) is 5.41 Å². The number of carbonyl (C=O) groups is 1. The summed E-state index contributed by atoms with van der Waals surface area (Å²) in [5.41, 5.74) is 0.379. The highest BCUT2D eigenvalue weighted by molar-refractivity contribution is 6.15. The van der Waals surface area contributed by atoms with E-state index >= 15 is 0 Å². The summed E-state index contributed by atoms with van der Waals surface area (Å²) in [5.74, 6) is -0.0407. The molecule has 88 valence electrons. The maximum atomic E-state index is 10.3. The Morgan fingerprint density at radius 3 is 1.39 bits per heavy atom. The number of benzene rings is 2. The van der Waals surface area contributed by atoms with E-state index in [-0.39, 0.29) is 5.78 Å². The molecule has 0 saturated heterocycles. The largest absolute Gasteiger partial charge is 0.301 e. The van der Waals surface area contributed by atoms with Crippen molar-refractivity contribution in [2.24, 2.45) is 0 Å². The Hall–Kier alpha value is -2.48. The van der Waals surface area contributed by atoms with Crippen molar-refractivity contribution in [3.05, 3.63) is 72.8 Å². The summed E-state index contributed by atoms with van der Waals surface area (Å²) in [6.45, 7) is 0. The number of ketones is 1. The zero-order chi connectivity index (χ0) is 12.8. The summed E-state index contributed by atoms with van der Waals surface area (Å²) in [6.07, 6.45) is 5.70. The summed E-state index contributed by atoms with van der Waals surface area (Å²) in [4.78, 5) is 10.3. The van der Waals surface area contributed by atoms with Crippen LogP contribution in [0.1, 0.15) is 0 Å². The van der Waals surface area contributed by atoms with Crippen LogP contribution in [0.5, 0.6) is 0 Å². The van der Waals surface area contributed by atoms with E-state index in [1.54, 1.807) is 0 Å². The highest BCUT2D eigenvalue weighted by Crippen LogP contribution is 2.11. The minimum absolute atomic E-state index is 0.0407. The van der Waals surface area contributed by atoms with Crippen molar-refractivity contribution in [3.63, 3.8) is 0 Å². The molecule has 3 rings (SSSR count). The van der Waals surface area contributed by atoms with Gasteiger partial charge >= 0.3 is 0 Å². The molecule has 0 spiro atoms. The number of fused-ring (bicyclic) bond motifs is 1. The van der Waals surface area contributed by atoms with Crippen LogP contribution in [0, 0.1) is 5.41 Å². The lowest BCUT2D eigenvalue weighted by Crippen LogP contribution is -1.96. The fourth-order valence-electron chi connectivity index (χ4n) is 1.59. The number of hydrogen-bond acceptors (Lipinski definition) is 2. The summed E-state index contributed by atoms with van der Waals surface area (Å²) in [6, 6.07) is 16.7. The van der Waals surface area contributed by atoms with Crippen LogP contribution >= 0.6 is 0 Å². The molecule has 1 aliphatic rings. The predicted molar refractivity (Wildman–Crippen MR) is 75.0 cm³/mol. The Kier molecular flexibility index (Phi) is 3.82. The molecule has 2 heteroatoms. The SMILES string of the molecule is N=C1C=CC(=O)C=C1.c1ccc2ccccc2c1. The van der Waals surface area contributed by atoms with Gasteiger partial charge in [-0.15, -0.1) is 0 Å². The van der Waals surface area contributed by atoms with Crippen LogP contribution in [0.15, 0.2) is 72.8 Å². The Morgan fingerprint density at radius 1 is 0.667 bits per heavy atom. The van der Waals surface area contributed by atoms with E-state index in [9.17, 15) is 4.79 Å². The van der Waals surface area contributed by atoms with Gasteiger partial charge < -0.3 is 5.41 Å². The average molecular weight is 235 g/mol. The molecule has 0 bridgehead atoms. The van der Waals surface area contributed by atoms with Crippen LogP contribution in [0.4, 0.5) is 0 Å². The van der Waals surface area contributed by atoms with Crippen LogP contribution < -0.4 is 0 Å². The van der Waals surface area contributed by atoms with E-state index in [1.807, 2.05) is 0 Å². The van der Waals surface area contributed by atoms with Gasteiger partial charge in [0.15, 0.2) is 5.78 Å². The van der Waals surface area contributed by atoms with E-state index in [0.717, 1.165) is 0 Å². The van der Waals surface area contributed by atoms with Gasteiger partial charge in [0.1, 0.15) is 0 Å². The lowest BCUT2D eigenvalue weighted by Gasteiger charge is -1.92. The molecule has 0 aromatic heterocycles. The van der Waals surface area contributed by atoms with Crippen molar-refractivity contribution in [2.75, 3.05) is 0 Å². The molecule has 0 radical (unpaired) electrons. The van der Waals surface area contributed by atoms with Crippen LogP contribution in [0.3, 0.4) is 0 Å². The minimum Gasteiger partial charge on any atom is -0.301 e. The molecule has 0 saturated carbocycles. The first-order valence-corrected chi connectivity index (χ1v) is 5.68. The van der Waals surface area contributed by atoms with Gasteiger partial charge in [-0.25, -0.2) is 0 Å². The van der Waals surface area contributed by atoms with Crippen LogP contribution in [0.25, 0.3) is 10.8 Å². The van der Waals surface area contributed by atoms with Crippen LogP contribution in [-0.4, -0.2) is 11.5 Å². The second-order valence-electron chi connectivity index (χ2n) is 3.87. The van der Waals surface area contributed by atoms with Crippen LogP contribution in [-0.2, 0) is 4.79 Å². The van der Waals surface area contributed by atoms with Crippen molar-refractivity contribution in [3.8, 4) is 0 Å². The molecule has 2 nitrogen and oxygen atoms in total. The van der Waals surface area contributed by atoms with Crippen LogP contribution in [0.2, 0.25) is 0 Å². The standard InChI is InChI=1S/C10H8.C6H5NO/c1-2-6-10-8-4-3-7-9(10)5-1;7-5-1-3-6(8)4-2-5/h1-8H;1-4,7H. The maximum Gasteiger partial charge on any atom is 0.178 e. The molecule has 2 aromatic rings. The van der Waals surface area contributed by atoms with E-state index < -0.39 is 0 Å². The number of nitrogens with one attached hydrogen (secondary N) is 1. The summed E-state index contributed by atoms with van der Waals surface area (Å²) >= 11 is 0. The van der Waals surface area contributed by atoms with Gasteiger partial charge in [-0.1, -0.05) is 48.5 Å². The average Bonchev–Trinajstić information content (AvgIpc) is 2.43. The minimum atomic E-state index is -0.0407. The van der Waals surface area contributed by atoms with Crippen molar-refractivity contribution in [2.45, 2.75) is 0 Å². The molecule has 0 heterocycles. The molecule has 0 fully saturated rings. The van der Waals surface area contributed by atoms with Gasteiger partial charge in [0, 0.05) is 0 Å². The van der Waals surface area contributed by atoms with Crippen molar-refractivity contribution < 1.29 is 4.79 Å². The highest BCUT2D eigenvalue weighted by Gasteiger charge is 1.94. The Labute approximate surface area is 106 Å². The van der Waals surface area contributed by atoms with Crippen molar-refractivity contribution in [1.82, 2.24) is 0 Å². The topological polar surface area (TPSA) is 40.9 Å². The third-order valence-electron chi connectivity index (χ3n) is 2.51. The van der Waals surface area contributed by atoms with Gasteiger partial charge in [-0.2, -0.15) is 0 Å². The molecule has 1 N–H and O–H groups in total. The highest BCUT2D eigenvalue weighted by atomic mass is 16.1. The first kappa shape index (κ1) is 12.0. The summed E-state index contributed by atoms with van der Waals surface area (Å²) < 4.78 is 0. The quantitative estimate of drug-likeness (QED) is 0.697. The van der Waals surface area contributed by atoms with E-state index in [2.05, 4.69) is 48.5 Å². The number of hydrogen-bond donors (Lipinski definition) is 1. The van der Waals surface area contributed by atoms with E-state index in [4.69, 9.17) is 5.41 Å². The number of rotatable bonds is 0. The molecular formula is C16H13NO. The monoisotopic (exact) mass is 235 g/mol. The normalized spacial score (nSPS) is 13.3. The fraction of sp³-hybridized carbons (Fsp3) is 0. The number of allylic oxidation sites excluding steroid dienone is 4. The zero-order valence-electron chi connectivity index (χ0n) is 9.84. The molecule has 0 amide bonds. The van der Waals surface area contributed by atoms with E-state index in [1.165, 1.54) is 35.1 Å². The second-order valence-corrected chi connectivity index (χ2v) is 3.87.